The van der Waals surface area contributed by atoms with Gasteiger partial charge in [-0.3, -0.25) is 9.59 Å². The summed E-state index contributed by atoms with van der Waals surface area (Å²) >= 11 is 0. The molecule has 0 unspecified atom stereocenters. The van der Waals surface area contributed by atoms with Gasteiger partial charge in [0.2, 0.25) is 5.91 Å². The lowest BCUT2D eigenvalue weighted by atomic mass is 10.1. The Hall–Kier alpha value is -3.35. The van der Waals surface area contributed by atoms with Crippen LogP contribution in [0.2, 0.25) is 0 Å². The predicted octanol–water partition coefficient (Wildman–Crippen LogP) is 2.38. The summed E-state index contributed by atoms with van der Waals surface area (Å²) in [5, 5.41) is 2.81. The van der Waals surface area contributed by atoms with Crippen LogP contribution in [0.4, 0.5) is 0 Å². The molecule has 1 N–H and O–H groups in total. The van der Waals surface area contributed by atoms with Crippen LogP contribution in [0.5, 0.6) is 11.5 Å². The molecule has 1 aliphatic rings. The monoisotopic (exact) mass is 365 g/mol. The van der Waals surface area contributed by atoms with Crippen molar-refractivity contribution in [3.05, 3.63) is 60.2 Å². The third kappa shape index (κ3) is 3.76. The Labute approximate surface area is 155 Å². The Morgan fingerprint density at radius 2 is 1.93 bits per heavy atom. The van der Waals surface area contributed by atoms with Crippen molar-refractivity contribution in [3.63, 3.8) is 0 Å². The number of nitrogens with one attached hydrogen (secondary N) is 1. The molecule has 4 rings (SSSR count). The van der Waals surface area contributed by atoms with E-state index in [1.165, 1.54) is 0 Å². The number of imidazole rings is 1. The van der Waals surface area contributed by atoms with Crippen molar-refractivity contribution >= 4 is 17.2 Å². The van der Waals surface area contributed by atoms with Gasteiger partial charge in [0, 0.05) is 24.6 Å². The number of rotatable bonds is 6. The van der Waals surface area contributed by atoms with Crippen molar-refractivity contribution in [1.82, 2.24) is 14.7 Å². The van der Waals surface area contributed by atoms with Crippen LogP contribution in [0.1, 0.15) is 29.0 Å². The minimum Gasteiger partial charge on any atom is -0.486 e. The minimum absolute atomic E-state index is 0.103. The van der Waals surface area contributed by atoms with Gasteiger partial charge >= 0.3 is 0 Å². The molecule has 0 saturated carbocycles. The van der Waals surface area contributed by atoms with Crippen molar-refractivity contribution in [1.29, 1.82) is 0 Å². The molecule has 1 amide bonds. The second kappa shape index (κ2) is 7.49. The lowest BCUT2D eigenvalue weighted by Crippen LogP contribution is -2.24. The van der Waals surface area contributed by atoms with Crippen LogP contribution in [-0.2, 0) is 11.3 Å². The number of pyridine rings is 1. The van der Waals surface area contributed by atoms with Gasteiger partial charge in [0.1, 0.15) is 19.0 Å². The number of hydrogen-bond acceptors (Lipinski definition) is 5. The molecular formula is C20H19N3O4. The molecule has 0 fully saturated rings. The first kappa shape index (κ1) is 17.1. The summed E-state index contributed by atoms with van der Waals surface area (Å²) in [5.74, 6) is 1.67. The second-order valence-corrected chi connectivity index (χ2v) is 6.23. The van der Waals surface area contributed by atoms with E-state index >= 15 is 0 Å². The van der Waals surface area contributed by atoms with E-state index in [0.29, 0.717) is 36.8 Å². The Balaban J connectivity index is 1.30. The normalized spacial score (nSPS) is 12.7. The molecule has 0 spiro atoms. The Morgan fingerprint density at radius 3 is 2.81 bits per heavy atom. The summed E-state index contributed by atoms with van der Waals surface area (Å²) in [5.41, 5.74) is 1.49. The second-order valence-electron chi connectivity index (χ2n) is 6.23. The maximum atomic E-state index is 12.3. The molecule has 0 bridgehead atoms. The SMILES string of the molecule is O=C(CCC(=O)c1ccc2c(c1)OCCO2)NCc1ncc2ccccn12. The number of Topliss-reactive ketones (excluding diaryl/α,β-unsaturated/α-hetero) is 1. The first-order chi connectivity index (χ1) is 13.2. The maximum absolute atomic E-state index is 12.3. The highest BCUT2D eigenvalue weighted by atomic mass is 16.6. The zero-order valence-electron chi connectivity index (χ0n) is 14.7. The molecule has 0 aliphatic carbocycles. The number of benzene rings is 1. The molecule has 3 heterocycles. The maximum Gasteiger partial charge on any atom is 0.220 e. The number of carbonyl (C=O) groups is 2. The van der Waals surface area contributed by atoms with Crippen molar-refractivity contribution in [3.8, 4) is 11.5 Å². The van der Waals surface area contributed by atoms with Crippen molar-refractivity contribution < 1.29 is 19.1 Å². The van der Waals surface area contributed by atoms with Crippen LogP contribution >= 0.6 is 0 Å². The van der Waals surface area contributed by atoms with E-state index in [0.717, 1.165) is 11.3 Å². The van der Waals surface area contributed by atoms with Crippen molar-refractivity contribution in [2.24, 2.45) is 0 Å². The van der Waals surface area contributed by atoms with Gasteiger partial charge in [0.05, 0.1) is 18.3 Å². The van der Waals surface area contributed by atoms with Crippen LogP contribution in [-0.4, -0.2) is 34.3 Å². The topological polar surface area (TPSA) is 81.9 Å². The standard InChI is InChI=1S/C20H19N3O4/c24-16(14-4-6-17-18(11-14)27-10-9-26-17)5-7-20(25)22-13-19-21-12-15-3-1-2-8-23(15)19/h1-4,6,8,11-12H,5,7,9-10,13H2,(H,22,25). The van der Waals surface area contributed by atoms with Gasteiger partial charge in [0.25, 0.3) is 0 Å². The summed E-state index contributed by atoms with van der Waals surface area (Å²) in [7, 11) is 0. The quantitative estimate of drug-likeness (QED) is 0.678. The van der Waals surface area contributed by atoms with E-state index in [1.54, 1.807) is 24.4 Å². The molecule has 1 aromatic carbocycles. The van der Waals surface area contributed by atoms with E-state index in [2.05, 4.69) is 10.3 Å². The van der Waals surface area contributed by atoms with Crippen LogP contribution < -0.4 is 14.8 Å². The number of amides is 1. The van der Waals surface area contributed by atoms with Gasteiger partial charge in [-0.25, -0.2) is 4.98 Å². The lowest BCUT2D eigenvalue weighted by molar-refractivity contribution is -0.121. The highest BCUT2D eigenvalue weighted by Gasteiger charge is 2.16. The summed E-state index contributed by atoms with van der Waals surface area (Å²) in [6.07, 6.45) is 3.91. The molecule has 0 atom stereocenters. The molecule has 3 aromatic rings. The first-order valence-corrected chi connectivity index (χ1v) is 8.81. The van der Waals surface area contributed by atoms with Gasteiger partial charge in [-0.1, -0.05) is 6.07 Å². The van der Waals surface area contributed by atoms with E-state index in [1.807, 2.05) is 28.8 Å². The van der Waals surface area contributed by atoms with Crippen LogP contribution in [0.15, 0.2) is 48.8 Å². The average Bonchev–Trinajstić information content (AvgIpc) is 3.13. The van der Waals surface area contributed by atoms with Crippen LogP contribution in [0.25, 0.3) is 5.52 Å². The van der Waals surface area contributed by atoms with Gasteiger partial charge in [-0.15, -0.1) is 0 Å². The van der Waals surface area contributed by atoms with Crippen LogP contribution in [0.3, 0.4) is 0 Å². The van der Waals surface area contributed by atoms with Crippen molar-refractivity contribution in [2.45, 2.75) is 19.4 Å². The summed E-state index contributed by atoms with van der Waals surface area (Å²) in [6.45, 7) is 1.29. The molecule has 138 valence electrons. The lowest BCUT2D eigenvalue weighted by Gasteiger charge is -2.18. The molecular weight excluding hydrogens is 346 g/mol. The Bertz CT molecular complexity index is 996. The van der Waals surface area contributed by atoms with Gasteiger partial charge in [0.15, 0.2) is 17.3 Å². The minimum atomic E-state index is -0.187. The third-order valence-electron chi connectivity index (χ3n) is 4.40. The highest BCUT2D eigenvalue weighted by molar-refractivity contribution is 5.98. The fourth-order valence-corrected chi connectivity index (χ4v) is 2.98. The number of aromatic nitrogens is 2. The Morgan fingerprint density at radius 1 is 1.07 bits per heavy atom. The van der Waals surface area contributed by atoms with E-state index in [9.17, 15) is 9.59 Å². The van der Waals surface area contributed by atoms with Gasteiger partial charge < -0.3 is 19.2 Å². The van der Waals surface area contributed by atoms with E-state index in [4.69, 9.17) is 9.47 Å². The largest absolute Gasteiger partial charge is 0.486 e. The zero-order chi connectivity index (χ0) is 18.6. The zero-order valence-corrected chi connectivity index (χ0v) is 14.7. The number of ketones is 1. The molecule has 0 saturated heterocycles. The van der Waals surface area contributed by atoms with Crippen LogP contribution in [0, 0.1) is 0 Å². The fraction of sp³-hybridized carbons (Fsp3) is 0.250. The summed E-state index contributed by atoms with van der Waals surface area (Å²) in [4.78, 5) is 28.8. The number of nitrogens with zero attached hydrogens (tertiary/aromatic N) is 2. The van der Waals surface area contributed by atoms with Gasteiger partial charge in [-0.05, 0) is 30.3 Å². The first-order valence-electron chi connectivity index (χ1n) is 8.81. The summed E-state index contributed by atoms with van der Waals surface area (Å²) < 4.78 is 12.9. The Kier molecular flexibility index (Phi) is 4.74. The molecule has 7 heteroatoms. The number of carbonyl (C=O) groups excluding carboxylic acids is 2. The molecule has 27 heavy (non-hydrogen) atoms. The number of ether oxygens (including phenoxy) is 2. The fourth-order valence-electron chi connectivity index (χ4n) is 2.98. The third-order valence-corrected chi connectivity index (χ3v) is 4.40. The van der Waals surface area contributed by atoms with E-state index < -0.39 is 0 Å². The molecule has 7 nitrogen and oxygen atoms in total. The molecule has 2 aromatic heterocycles. The van der Waals surface area contributed by atoms with Gasteiger partial charge in [-0.2, -0.15) is 0 Å². The average molecular weight is 365 g/mol. The summed E-state index contributed by atoms with van der Waals surface area (Å²) in [6, 6.07) is 10.9. The molecule has 1 aliphatic heterocycles. The number of hydrogen-bond donors (Lipinski definition) is 1. The highest BCUT2D eigenvalue weighted by Crippen LogP contribution is 2.31. The van der Waals surface area contributed by atoms with E-state index in [-0.39, 0.29) is 24.5 Å². The molecule has 0 radical (unpaired) electrons. The number of fused-ring (bicyclic) bond motifs is 2. The smallest absolute Gasteiger partial charge is 0.220 e. The predicted molar refractivity (Wildman–Crippen MR) is 98.0 cm³/mol. The van der Waals surface area contributed by atoms with Crippen molar-refractivity contribution in [2.75, 3.05) is 13.2 Å².